The van der Waals surface area contributed by atoms with Crippen LogP contribution in [0.15, 0.2) is 35.2 Å². The quantitative estimate of drug-likeness (QED) is 0.272. The lowest BCUT2D eigenvalue weighted by Crippen LogP contribution is -2.39. The van der Waals surface area contributed by atoms with Crippen molar-refractivity contribution in [3.05, 3.63) is 45.6 Å². The molecule has 35 heavy (non-hydrogen) atoms. The van der Waals surface area contributed by atoms with Crippen LogP contribution in [0.4, 0.5) is 16.6 Å². The van der Waals surface area contributed by atoms with Crippen molar-refractivity contribution in [2.24, 2.45) is 0 Å². The first kappa shape index (κ1) is 23.5. The lowest BCUT2D eigenvalue weighted by molar-refractivity contribution is -0.133. The molecule has 2 amide bonds. The predicted molar refractivity (Wildman–Crippen MR) is 136 cm³/mol. The molecule has 1 aliphatic rings. The molecule has 0 unspecified atom stereocenters. The molecule has 1 atom stereocenters. The third-order valence-electron chi connectivity index (χ3n) is 5.92. The zero-order valence-electron chi connectivity index (χ0n) is 18.8. The number of nitrogens with zero attached hydrogens (tertiary/aromatic N) is 5. The Morgan fingerprint density at radius 2 is 2.20 bits per heavy atom. The summed E-state index contributed by atoms with van der Waals surface area (Å²) in [7, 11) is 0. The topological polar surface area (TPSA) is 141 Å². The SMILES string of the molecule is Cc1cn(CC(=O)N2CCC[C@@H]2CO)nc1Nc1ncc(C(=O)Nc2c(Br)ccc3[nH]ncc23)s1. The van der Waals surface area contributed by atoms with Gasteiger partial charge in [0, 0.05) is 28.2 Å². The first-order valence-electron chi connectivity index (χ1n) is 11.0. The van der Waals surface area contributed by atoms with Crippen LogP contribution in [0.5, 0.6) is 0 Å². The summed E-state index contributed by atoms with van der Waals surface area (Å²) in [5, 5.41) is 28.2. The Kier molecular flexibility index (Phi) is 6.54. The molecule has 182 valence electrons. The summed E-state index contributed by atoms with van der Waals surface area (Å²) in [4.78, 5) is 32.0. The largest absolute Gasteiger partial charge is 0.394 e. The van der Waals surface area contributed by atoms with Gasteiger partial charge in [0.25, 0.3) is 5.91 Å². The van der Waals surface area contributed by atoms with E-state index in [0.717, 1.165) is 33.8 Å². The van der Waals surface area contributed by atoms with Crippen molar-refractivity contribution in [3.8, 4) is 0 Å². The van der Waals surface area contributed by atoms with E-state index in [4.69, 9.17) is 0 Å². The van der Waals surface area contributed by atoms with Gasteiger partial charge in [-0.05, 0) is 47.8 Å². The smallest absolute Gasteiger partial charge is 0.267 e. The Morgan fingerprint density at radius 1 is 1.34 bits per heavy atom. The summed E-state index contributed by atoms with van der Waals surface area (Å²) < 4.78 is 2.33. The standard InChI is InChI=1S/C22H23BrN8O3S/c1-12-9-30(10-18(33)31-6-2-3-13(31)11-32)29-20(12)27-22-24-8-17(35-22)21(34)26-19-14-7-25-28-16(14)5-4-15(19)23/h4-5,7-9,13,32H,2-3,6,10-11H2,1H3,(H,25,28)(H,26,34)(H,24,27,29)/t13-/m1/s1. The van der Waals surface area contributed by atoms with E-state index in [-0.39, 0.29) is 31.0 Å². The van der Waals surface area contributed by atoms with Crippen molar-refractivity contribution >= 4 is 66.6 Å². The molecule has 1 aromatic carbocycles. The number of nitrogens with one attached hydrogen (secondary N) is 3. The number of aliphatic hydroxyl groups excluding tert-OH is 1. The van der Waals surface area contributed by atoms with E-state index in [2.05, 4.69) is 46.8 Å². The zero-order chi connectivity index (χ0) is 24.5. The van der Waals surface area contributed by atoms with E-state index in [1.165, 1.54) is 17.5 Å². The van der Waals surface area contributed by atoms with Crippen LogP contribution < -0.4 is 10.6 Å². The number of aryl methyl sites for hydroxylation is 1. The summed E-state index contributed by atoms with van der Waals surface area (Å²) in [6.07, 6.45) is 6.67. The summed E-state index contributed by atoms with van der Waals surface area (Å²) in [5.41, 5.74) is 2.29. The van der Waals surface area contributed by atoms with Gasteiger partial charge >= 0.3 is 0 Å². The van der Waals surface area contributed by atoms with E-state index >= 15 is 0 Å². The number of hydrogen-bond acceptors (Lipinski definition) is 8. The van der Waals surface area contributed by atoms with Gasteiger partial charge in [-0.25, -0.2) is 4.98 Å². The van der Waals surface area contributed by atoms with E-state index in [1.54, 1.807) is 22.0 Å². The fraction of sp³-hybridized carbons (Fsp3) is 0.318. The molecule has 11 nitrogen and oxygen atoms in total. The molecule has 13 heteroatoms. The molecule has 0 aliphatic carbocycles. The van der Waals surface area contributed by atoms with Crippen molar-refractivity contribution in [1.82, 2.24) is 29.9 Å². The van der Waals surface area contributed by atoms with Gasteiger partial charge in [-0.1, -0.05) is 11.3 Å². The number of thiazole rings is 1. The first-order chi connectivity index (χ1) is 16.9. The Bertz CT molecular complexity index is 1400. The molecule has 0 saturated carbocycles. The van der Waals surface area contributed by atoms with Crippen molar-refractivity contribution < 1.29 is 14.7 Å². The third-order valence-corrected chi connectivity index (χ3v) is 7.49. The predicted octanol–water partition coefficient (Wildman–Crippen LogP) is 3.27. The number of aliphatic hydroxyl groups is 1. The summed E-state index contributed by atoms with van der Waals surface area (Å²) in [5.74, 6) is 0.203. The minimum atomic E-state index is -0.290. The molecule has 1 saturated heterocycles. The van der Waals surface area contributed by atoms with Crippen LogP contribution in [-0.4, -0.2) is 66.0 Å². The van der Waals surface area contributed by atoms with Gasteiger partial charge < -0.3 is 20.6 Å². The molecule has 4 N–H and O–H groups in total. The summed E-state index contributed by atoms with van der Waals surface area (Å²) in [6.45, 7) is 2.61. The monoisotopic (exact) mass is 558 g/mol. The Hall–Kier alpha value is -3.29. The highest BCUT2D eigenvalue weighted by atomic mass is 79.9. The Labute approximate surface area is 212 Å². The number of halogens is 1. The molecule has 0 spiro atoms. The van der Waals surface area contributed by atoms with Crippen molar-refractivity contribution in [2.75, 3.05) is 23.8 Å². The van der Waals surface area contributed by atoms with Crippen LogP contribution >= 0.6 is 27.3 Å². The molecule has 0 radical (unpaired) electrons. The molecule has 5 rings (SSSR count). The van der Waals surface area contributed by atoms with Crippen molar-refractivity contribution in [1.29, 1.82) is 0 Å². The van der Waals surface area contributed by atoms with Crippen molar-refractivity contribution in [2.45, 2.75) is 32.4 Å². The van der Waals surface area contributed by atoms with Gasteiger partial charge in [0.1, 0.15) is 11.4 Å². The van der Waals surface area contributed by atoms with Gasteiger partial charge in [-0.2, -0.15) is 10.2 Å². The molecular formula is C22H23BrN8O3S. The number of hydrogen-bond donors (Lipinski definition) is 4. The number of fused-ring (bicyclic) bond motifs is 1. The fourth-order valence-electron chi connectivity index (χ4n) is 4.14. The molecule has 1 fully saturated rings. The number of amides is 2. The average molecular weight is 559 g/mol. The number of benzene rings is 1. The highest BCUT2D eigenvalue weighted by molar-refractivity contribution is 9.10. The third kappa shape index (κ3) is 4.79. The maximum absolute atomic E-state index is 12.9. The lowest BCUT2D eigenvalue weighted by atomic mass is 10.2. The van der Waals surface area contributed by atoms with Gasteiger partial charge in [-0.3, -0.25) is 19.4 Å². The minimum absolute atomic E-state index is 0.0230. The molecule has 1 aliphatic heterocycles. The second-order valence-electron chi connectivity index (χ2n) is 8.29. The second-order valence-corrected chi connectivity index (χ2v) is 10.2. The van der Waals surface area contributed by atoms with E-state index < -0.39 is 0 Å². The molecule has 4 aromatic rings. The molecule has 0 bridgehead atoms. The van der Waals surface area contributed by atoms with E-state index in [1.807, 2.05) is 19.1 Å². The van der Waals surface area contributed by atoms with E-state index in [9.17, 15) is 14.7 Å². The zero-order valence-corrected chi connectivity index (χ0v) is 21.2. The number of carbonyl (C=O) groups is 2. The van der Waals surface area contributed by atoms with Gasteiger partial charge in [0.15, 0.2) is 10.9 Å². The number of likely N-dealkylation sites (tertiary alicyclic amines) is 1. The highest BCUT2D eigenvalue weighted by Gasteiger charge is 2.28. The summed E-state index contributed by atoms with van der Waals surface area (Å²) >= 11 is 4.68. The lowest BCUT2D eigenvalue weighted by Gasteiger charge is -2.22. The number of carbonyl (C=O) groups excluding carboxylic acids is 2. The molecular weight excluding hydrogens is 536 g/mol. The highest BCUT2D eigenvalue weighted by Crippen LogP contribution is 2.32. The fourth-order valence-corrected chi connectivity index (χ4v) is 5.30. The average Bonchev–Trinajstić information content (AvgIpc) is 3.63. The number of aromatic nitrogens is 5. The number of H-pyrrole nitrogens is 1. The van der Waals surface area contributed by atoms with Crippen molar-refractivity contribution in [3.63, 3.8) is 0 Å². The van der Waals surface area contributed by atoms with Crippen LogP contribution in [0.2, 0.25) is 0 Å². The first-order valence-corrected chi connectivity index (χ1v) is 12.6. The maximum Gasteiger partial charge on any atom is 0.267 e. The van der Waals surface area contributed by atoms with Crippen LogP contribution in [-0.2, 0) is 11.3 Å². The van der Waals surface area contributed by atoms with Crippen LogP contribution in [0, 0.1) is 6.92 Å². The number of aromatic amines is 1. The van der Waals surface area contributed by atoms with Gasteiger partial charge in [0.05, 0.1) is 36.2 Å². The van der Waals surface area contributed by atoms with Crippen LogP contribution in [0.3, 0.4) is 0 Å². The Balaban J connectivity index is 1.25. The molecule has 3 aromatic heterocycles. The summed E-state index contributed by atoms with van der Waals surface area (Å²) in [6, 6.07) is 3.60. The number of anilines is 3. The molecule has 4 heterocycles. The van der Waals surface area contributed by atoms with E-state index in [0.29, 0.717) is 28.1 Å². The number of rotatable bonds is 7. The normalized spacial score (nSPS) is 15.6. The second kappa shape index (κ2) is 9.76. The van der Waals surface area contributed by atoms with Gasteiger partial charge in [-0.15, -0.1) is 0 Å². The Morgan fingerprint density at radius 3 is 3.03 bits per heavy atom. The van der Waals surface area contributed by atoms with Crippen LogP contribution in [0.1, 0.15) is 28.1 Å². The van der Waals surface area contributed by atoms with Crippen LogP contribution in [0.25, 0.3) is 10.9 Å². The van der Waals surface area contributed by atoms with Gasteiger partial charge in [0.2, 0.25) is 5.91 Å². The minimum Gasteiger partial charge on any atom is -0.394 e. The maximum atomic E-state index is 12.9.